The van der Waals surface area contributed by atoms with Gasteiger partial charge in [0.05, 0.1) is 17.3 Å². The number of nitrogens with zero attached hydrogens (tertiary/aromatic N) is 2. The van der Waals surface area contributed by atoms with Crippen molar-refractivity contribution in [3.8, 4) is 22.8 Å². The number of amides is 1. The Hall–Kier alpha value is -3.71. The molecule has 0 atom stereocenters. The minimum absolute atomic E-state index is 0.199. The van der Waals surface area contributed by atoms with E-state index in [1.54, 1.807) is 46.7 Å². The Kier molecular flexibility index (Phi) is 5.79. The van der Waals surface area contributed by atoms with Crippen LogP contribution in [0.2, 0.25) is 0 Å². The summed E-state index contributed by atoms with van der Waals surface area (Å²) >= 11 is 1.72. The first-order valence-corrected chi connectivity index (χ1v) is 11.6. The van der Waals surface area contributed by atoms with E-state index in [-0.39, 0.29) is 12.5 Å². The van der Waals surface area contributed by atoms with Crippen LogP contribution in [0.3, 0.4) is 0 Å². The summed E-state index contributed by atoms with van der Waals surface area (Å²) in [5.74, 6) is 0.157. The van der Waals surface area contributed by atoms with E-state index in [1.807, 2.05) is 42.6 Å². The summed E-state index contributed by atoms with van der Waals surface area (Å²) in [5.41, 5.74) is 4.06. The minimum Gasteiger partial charge on any atom is -0.452 e. The number of aryl methyl sites for hydroxylation is 1. The van der Waals surface area contributed by atoms with Crippen molar-refractivity contribution in [3.05, 3.63) is 87.7 Å². The Labute approximate surface area is 195 Å². The first-order chi connectivity index (χ1) is 16.1. The van der Waals surface area contributed by atoms with E-state index >= 15 is 0 Å². The van der Waals surface area contributed by atoms with Gasteiger partial charge in [-0.05, 0) is 42.5 Å². The number of aromatic nitrogens is 1. The number of oxazole rings is 1. The van der Waals surface area contributed by atoms with Crippen LogP contribution in [0.25, 0.3) is 22.8 Å². The molecule has 0 saturated carbocycles. The quantitative estimate of drug-likeness (QED) is 0.388. The lowest BCUT2D eigenvalue weighted by molar-refractivity contribution is -0.135. The molecule has 7 heteroatoms. The van der Waals surface area contributed by atoms with E-state index in [9.17, 15) is 9.59 Å². The molecular weight excluding hydrogens is 436 g/mol. The van der Waals surface area contributed by atoms with Gasteiger partial charge >= 0.3 is 5.97 Å². The number of benzene rings is 2. The maximum absolute atomic E-state index is 12.8. The Morgan fingerprint density at radius 3 is 2.79 bits per heavy atom. The molecule has 166 valence electrons. The molecule has 0 fully saturated rings. The van der Waals surface area contributed by atoms with Crippen molar-refractivity contribution in [1.29, 1.82) is 0 Å². The van der Waals surface area contributed by atoms with Crippen LogP contribution in [0.1, 0.15) is 26.4 Å². The van der Waals surface area contributed by atoms with Gasteiger partial charge in [0, 0.05) is 23.5 Å². The molecule has 2 aromatic carbocycles. The first kappa shape index (κ1) is 21.2. The molecule has 0 aliphatic carbocycles. The van der Waals surface area contributed by atoms with Gasteiger partial charge < -0.3 is 14.1 Å². The number of esters is 1. The molecule has 0 unspecified atom stereocenters. The van der Waals surface area contributed by atoms with Crippen molar-refractivity contribution >= 4 is 23.2 Å². The molecule has 33 heavy (non-hydrogen) atoms. The fourth-order valence-electron chi connectivity index (χ4n) is 3.86. The predicted octanol–water partition coefficient (Wildman–Crippen LogP) is 5.12. The minimum atomic E-state index is -0.581. The average molecular weight is 459 g/mol. The number of rotatable bonds is 5. The van der Waals surface area contributed by atoms with Crippen molar-refractivity contribution in [2.24, 2.45) is 0 Å². The lowest BCUT2D eigenvalue weighted by Gasteiger charge is -2.26. The Morgan fingerprint density at radius 1 is 1.12 bits per heavy atom. The molecule has 1 amide bonds. The highest BCUT2D eigenvalue weighted by atomic mass is 32.1. The lowest BCUT2D eigenvalue weighted by atomic mass is 10.1. The van der Waals surface area contributed by atoms with Crippen molar-refractivity contribution < 1.29 is 18.7 Å². The maximum atomic E-state index is 12.8. The molecule has 0 spiro atoms. The molecule has 0 radical (unpaired) electrons. The van der Waals surface area contributed by atoms with Gasteiger partial charge in [0.25, 0.3) is 5.91 Å². The third-order valence-corrected chi connectivity index (χ3v) is 6.73. The topological polar surface area (TPSA) is 72.6 Å². The summed E-state index contributed by atoms with van der Waals surface area (Å²) in [4.78, 5) is 32.9. The van der Waals surface area contributed by atoms with Gasteiger partial charge in [0.1, 0.15) is 0 Å². The van der Waals surface area contributed by atoms with Crippen LogP contribution in [0.5, 0.6) is 0 Å². The smallest absolute Gasteiger partial charge is 0.339 e. The van der Waals surface area contributed by atoms with Gasteiger partial charge in [0.15, 0.2) is 12.4 Å². The van der Waals surface area contributed by atoms with Gasteiger partial charge in [-0.3, -0.25) is 4.79 Å². The third kappa shape index (κ3) is 4.45. The summed E-state index contributed by atoms with van der Waals surface area (Å²) in [6.07, 6.45) is 2.48. The van der Waals surface area contributed by atoms with Crippen molar-refractivity contribution in [2.75, 3.05) is 13.2 Å². The summed E-state index contributed by atoms with van der Waals surface area (Å²) in [5, 5.41) is 2.04. The number of carbonyl (C=O) groups is 2. The molecule has 4 aromatic rings. The number of hydrogen-bond donors (Lipinski definition) is 0. The van der Waals surface area contributed by atoms with Crippen LogP contribution in [0.4, 0.5) is 0 Å². The van der Waals surface area contributed by atoms with Crippen LogP contribution in [0.15, 0.2) is 70.6 Å². The number of carbonyl (C=O) groups excluding carboxylic acids is 2. The molecule has 0 bridgehead atoms. The molecule has 1 aliphatic heterocycles. The Balaban J connectivity index is 1.28. The van der Waals surface area contributed by atoms with Crippen molar-refractivity contribution in [1.82, 2.24) is 9.88 Å². The Morgan fingerprint density at radius 2 is 1.94 bits per heavy atom. The van der Waals surface area contributed by atoms with Gasteiger partial charge in [-0.15, -0.1) is 11.3 Å². The number of hydrogen-bond acceptors (Lipinski definition) is 6. The van der Waals surface area contributed by atoms with Crippen molar-refractivity contribution in [3.63, 3.8) is 0 Å². The summed E-state index contributed by atoms with van der Waals surface area (Å²) in [7, 11) is 0. The summed E-state index contributed by atoms with van der Waals surface area (Å²) in [6, 6.07) is 16.9. The van der Waals surface area contributed by atoms with Crippen molar-refractivity contribution in [2.45, 2.75) is 19.9 Å². The second-order valence-electron chi connectivity index (χ2n) is 7.95. The number of fused-ring (bicyclic) bond motifs is 1. The van der Waals surface area contributed by atoms with Crippen LogP contribution in [-0.4, -0.2) is 34.9 Å². The Bertz CT molecular complexity index is 1310. The monoisotopic (exact) mass is 458 g/mol. The first-order valence-electron chi connectivity index (χ1n) is 10.7. The molecule has 1 aliphatic rings. The lowest BCUT2D eigenvalue weighted by Crippen LogP contribution is -2.38. The van der Waals surface area contributed by atoms with Gasteiger partial charge in [-0.2, -0.15) is 0 Å². The molecule has 0 saturated heterocycles. The zero-order chi connectivity index (χ0) is 22.8. The molecule has 0 N–H and O–H groups in total. The van der Waals surface area contributed by atoms with Crippen LogP contribution in [0, 0.1) is 6.92 Å². The number of ether oxygens (including phenoxy) is 1. The van der Waals surface area contributed by atoms with Gasteiger partial charge in [-0.1, -0.05) is 42.0 Å². The largest absolute Gasteiger partial charge is 0.452 e. The predicted molar refractivity (Wildman–Crippen MR) is 126 cm³/mol. The summed E-state index contributed by atoms with van der Waals surface area (Å²) < 4.78 is 11.3. The van der Waals surface area contributed by atoms with E-state index in [0.29, 0.717) is 35.9 Å². The standard InChI is InChI=1S/C26H22N2O4S/c1-17-6-8-18(9-7-17)22-14-27-25(32-22)20-4-2-3-5-21(20)26(30)31-16-24(29)28-12-10-23-19(15-28)11-13-33-23/h2-9,11,13-14H,10,12,15-16H2,1H3. The van der Waals surface area contributed by atoms with E-state index in [0.717, 1.165) is 17.5 Å². The van der Waals surface area contributed by atoms with Crippen LogP contribution < -0.4 is 0 Å². The fraction of sp³-hybridized carbons (Fsp3) is 0.192. The summed E-state index contributed by atoms with van der Waals surface area (Å²) in [6.45, 7) is 2.92. The maximum Gasteiger partial charge on any atom is 0.339 e. The molecule has 3 heterocycles. The van der Waals surface area contributed by atoms with Crippen LogP contribution in [-0.2, 0) is 22.5 Å². The molecule has 5 rings (SSSR count). The molecule has 6 nitrogen and oxygen atoms in total. The normalized spacial score (nSPS) is 12.9. The third-order valence-electron chi connectivity index (χ3n) is 5.71. The van der Waals surface area contributed by atoms with Crippen LogP contribution >= 0.6 is 11.3 Å². The number of thiophene rings is 1. The second-order valence-corrected chi connectivity index (χ2v) is 8.95. The second kappa shape index (κ2) is 9.03. The fourth-order valence-corrected chi connectivity index (χ4v) is 4.74. The molecule has 2 aromatic heterocycles. The van der Waals surface area contributed by atoms with Gasteiger partial charge in [-0.25, -0.2) is 9.78 Å². The zero-order valence-corrected chi connectivity index (χ0v) is 18.9. The van der Waals surface area contributed by atoms with E-state index in [4.69, 9.17) is 9.15 Å². The molecular formula is C26H22N2O4S. The highest BCUT2D eigenvalue weighted by molar-refractivity contribution is 7.10. The highest BCUT2D eigenvalue weighted by Crippen LogP contribution is 2.29. The van der Waals surface area contributed by atoms with E-state index in [2.05, 4.69) is 4.98 Å². The highest BCUT2D eigenvalue weighted by Gasteiger charge is 2.24. The SMILES string of the molecule is Cc1ccc(-c2cnc(-c3ccccc3C(=O)OCC(=O)N3CCc4sccc4C3)o2)cc1. The zero-order valence-electron chi connectivity index (χ0n) is 18.1. The average Bonchev–Trinajstić information content (AvgIpc) is 3.52. The van der Waals surface area contributed by atoms with Gasteiger partial charge in [0.2, 0.25) is 5.89 Å². The van der Waals surface area contributed by atoms with E-state index in [1.165, 1.54) is 10.4 Å². The van der Waals surface area contributed by atoms with E-state index < -0.39 is 5.97 Å².